The molecule has 4 rings (SSSR count). The van der Waals surface area contributed by atoms with Gasteiger partial charge in [-0.15, -0.1) is 0 Å². The maximum Gasteiger partial charge on any atom is 0.122 e. The van der Waals surface area contributed by atoms with Crippen LogP contribution in [-0.4, -0.2) is 22.3 Å². The first-order valence-electron chi connectivity index (χ1n) is 15.6. The lowest BCUT2D eigenvalue weighted by Gasteiger charge is -2.27. The van der Waals surface area contributed by atoms with Crippen molar-refractivity contribution in [2.24, 2.45) is 0 Å². The zero-order chi connectivity index (χ0) is 28.2. The smallest absolute Gasteiger partial charge is 0.122 e. The molecule has 2 fully saturated rings. The molecule has 2 aromatic carbocycles. The van der Waals surface area contributed by atoms with Gasteiger partial charge in [-0.25, -0.2) is 0 Å². The molecule has 39 heavy (non-hydrogen) atoms. The Morgan fingerprint density at radius 1 is 0.590 bits per heavy atom. The van der Waals surface area contributed by atoms with Gasteiger partial charge in [-0.3, -0.25) is 0 Å². The van der Waals surface area contributed by atoms with E-state index in [-0.39, 0.29) is 10.8 Å². The Balaban J connectivity index is 1.64. The number of phenolic OH excluding ortho intramolecular Hbond substituents is 2. The van der Waals surface area contributed by atoms with E-state index in [2.05, 4.69) is 76.4 Å². The van der Waals surface area contributed by atoms with Crippen LogP contribution in [0, 0.1) is 0 Å². The fourth-order valence-corrected chi connectivity index (χ4v) is 6.48. The van der Waals surface area contributed by atoms with Crippen molar-refractivity contribution in [1.29, 1.82) is 0 Å². The number of hydrogen-bond donors (Lipinski definition) is 4. The van der Waals surface area contributed by atoms with E-state index >= 15 is 0 Å². The van der Waals surface area contributed by atoms with Crippen molar-refractivity contribution < 1.29 is 10.2 Å². The maximum atomic E-state index is 11.5. The zero-order valence-corrected chi connectivity index (χ0v) is 25.6. The largest absolute Gasteiger partial charge is 0.507 e. The lowest BCUT2D eigenvalue weighted by atomic mass is 9.81. The van der Waals surface area contributed by atoms with Crippen molar-refractivity contribution in [2.75, 3.05) is 0 Å². The molecule has 0 bridgehead atoms. The molecule has 0 saturated heterocycles. The van der Waals surface area contributed by atoms with Gasteiger partial charge in [0.15, 0.2) is 0 Å². The molecule has 2 saturated carbocycles. The molecule has 4 N–H and O–H groups in total. The summed E-state index contributed by atoms with van der Waals surface area (Å²) in [5, 5.41) is 30.5. The highest BCUT2D eigenvalue weighted by Crippen LogP contribution is 2.39. The molecular weight excluding hydrogens is 480 g/mol. The Labute approximate surface area is 238 Å². The van der Waals surface area contributed by atoms with E-state index in [0.717, 1.165) is 35.3 Å². The normalized spacial score (nSPS) is 18.0. The number of phenols is 2. The van der Waals surface area contributed by atoms with Crippen molar-refractivity contribution in [3.05, 3.63) is 57.6 Å². The van der Waals surface area contributed by atoms with Crippen LogP contribution in [0.5, 0.6) is 11.5 Å². The van der Waals surface area contributed by atoms with Gasteiger partial charge < -0.3 is 20.8 Å². The summed E-state index contributed by atoms with van der Waals surface area (Å²) >= 11 is 0. The summed E-state index contributed by atoms with van der Waals surface area (Å²) in [6.45, 7) is 14.6. The highest BCUT2D eigenvalue weighted by Gasteiger charge is 2.25. The van der Waals surface area contributed by atoms with Gasteiger partial charge in [0, 0.05) is 31.6 Å². The summed E-state index contributed by atoms with van der Waals surface area (Å²) in [5.74, 6) is 0.734. The zero-order valence-electron chi connectivity index (χ0n) is 25.6. The van der Waals surface area contributed by atoms with Gasteiger partial charge in [-0.1, -0.05) is 104 Å². The lowest BCUT2D eigenvalue weighted by Crippen LogP contribution is -2.30. The van der Waals surface area contributed by atoms with E-state index in [9.17, 15) is 10.2 Å². The average molecular weight is 535 g/mol. The van der Waals surface area contributed by atoms with Gasteiger partial charge in [0.05, 0.1) is 0 Å². The third kappa shape index (κ3) is 8.01. The minimum Gasteiger partial charge on any atom is -0.507 e. The van der Waals surface area contributed by atoms with Gasteiger partial charge in [-0.05, 0) is 69.9 Å². The first-order valence-corrected chi connectivity index (χ1v) is 15.6. The summed E-state index contributed by atoms with van der Waals surface area (Å²) in [7, 11) is 0. The summed E-state index contributed by atoms with van der Waals surface area (Å²) in [6, 6.07) is 9.84. The number of rotatable bonds is 8. The van der Waals surface area contributed by atoms with Crippen LogP contribution in [0.25, 0.3) is 0 Å². The molecule has 0 spiro atoms. The molecule has 0 unspecified atom stereocenters. The summed E-state index contributed by atoms with van der Waals surface area (Å²) in [5.41, 5.74) is 5.82. The summed E-state index contributed by atoms with van der Waals surface area (Å²) in [6.07, 6.45) is 13.5. The molecule has 0 aliphatic heterocycles. The Kier molecular flexibility index (Phi) is 9.70. The molecule has 4 heteroatoms. The van der Waals surface area contributed by atoms with Gasteiger partial charge in [0.25, 0.3) is 0 Å². The topological polar surface area (TPSA) is 64.5 Å². The van der Waals surface area contributed by atoms with E-state index in [1.54, 1.807) is 0 Å². The standard InChI is InChI=1S/C35H54N2O2/c1-34(2,3)30-19-24(22-36-28-13-9-7-10-14-28)17-26(32(30)38)21-27-18-25(20-31(33(27)39)35(4,5)6)23-37-29-15-11-8-12-16-29/h17-20,28-29,36-39H,7-16,21-23H2,1-6H3. The average Bonchev–Trinajstić information content (AvgIpc) is 2.89. The van der Waals surface area contributed by atoms with E-state index in [0.29, 0.717) is 30.0 Å². The van der Waals surface area contributed by atoms with Crippen LogP contribution in [0.2, 0.25) is 0 Å². The predicted octanol–water partition coefficient (Wildman–Crippen LogP) is 8.13. The van der Waals surface area contributed by atoms with Crippen LogP contribution in [0.15, 0.2) is 24.3 Å². The Morgan fingerprint density at radius 3 is 1.28 bits per heavy atom. The molecule has 0 heterocycles. The second kappa shape index (κ2) is 12.6. The van der Waals surface area contributed by atoms with Gasteiger partial charge in [0.1, 0.15) is 11.5 Å². The first-order chi connectivity index (χ1) is 18.4. The molecule has 0 amide bonds. The molecule has 0 aromatic heterocycles. The predicted molar refractivity (Wildman–Crippen MR) is 164 cm³/mol. The van der Waals surface area contributed by atoms with Crippen molar-refractivity contribution in [3.63, 3.8) is 0 Å². The van der Waals surface area contributed by atoms with E-state index < -0.39 is 0 Å². The Hall–Kier alpha value is -2.04. The Morgan fingerprint density at radius 2 is 0.949 bits per heavy atom. The van der Waals surface area contributed by atoms with Crippen LogP contribution < -0.4 is 10.6 Å². The monoisotopic (exact) mass is 534 g/mol. The Bertz CT molecular complexity index is 1010. The van der Waals surface area contributed by atoms with E-state index in [1.807, 2.05) is 0 Å². The maximum absolute atomic E-state index is 11.5. The quantitative estimate of drug-likeness (QED) is 0.276. The molecule has 0 atom stereocenters. The van der Waals surface area contributed by atoms with Crippen molar-refractivity contribution in [1.82, 2.24) is 10.6 Å². The fraction of sp³-hybridized carbons (Fsp3) is 0.657. The molecular formula is C35H54N2O2. The second-order valence-electron chi connectivity index (χ2n) is 14.4. The molecule has 4 nitrogen and oxygen atoms in total. The minimum absolute atomic E-state index is 0.177. The van der Waals surface area contributed by atoms with Crippen molar-refractivity contribution in [2.45, 2.75) is 148 Å². The van der Waals surface area contributed by atoms with Crippen molar-refractivity contribution >= 4 is 0 Å². The fourth-order valence-electron chi connectivity index (χ4n) is 6.48. The van der Waals surface area contributed by atoms with E-state index in [1.165, 1.54) is 75.3 Å². The van der Waals surface area contributed by atoms with Gasteiger partial charge in [0.2, 0.25) is 0 Å². The van der Waals surface area contributed by atoms with E-state index in [4.69, 9.17) is 0 Å². The van der Waals surface area contributed by atoms with Crippen LogP contribution in [0.4, 0.5) is 0 Å². The van der Waals surface area contributed by atoms with Crippen LogP contribution in [0.1, 0.15) is 139 Å². The molecule has 2 aliphatic carbocycles. The highest BCUT2D eigenvalue weighted by molar-refractivity contribution is 5.53. The summed E-state index contributed by atoms with van der Waals surface area (Å²) in [4.78, 5) is 0. The van der Waals surface area contributed by atoms with Gasteiger partial charge >= 0.3 is 0 Å². The SMILES string of the molecule is CC(C)(C)c1cc(CNC2CCCCC2)cc(Cc2cc(CNC3CCCCC3)cc(C(C)(C)C)c2O)c1O. The first kappa shape index (κ1) is 29.9. The lowest BCUT2D eigenvalue weighted by molar-refractivity contribution is 0.372. The van der Waals surface area contributed by atoms with Gasteiger partial charge in [-0.2, -0.15) is 0 Å². The number of hydrogen-bond acceptors (Lipinski definition) is 4. The molecule has 216 valence electrons. The third-order valence-electron chi connectivity index (χ3n) is 8.89. The van der Waals surface area contributed by atoms with Crippen molar-refractivity contribution in [3.8, 4) is 11.5 Å². The second-order valence-corrected chi connectivity index (χ2v) is 14.4. The van der Waals surface area contributed by atoms with Crippen LogP contribution in [0.3, 0.4) is 0 Å². The molecule has 2 aliphatic rings. The number of aromatic hydroxyl groups is 2. The van der Waals surface area contributed by atoms with Crippen LogP contribution >= 0.6 is 0 Å². The number of nitrogens with one attached hydrogen (secondary N) is 2. The van der Waals surface area contributed by atoms with Crippen LogP contribution in [-0.2, 0) is 30.3 Å². The third-order valence-corrected chi connectivity index (χ3v) is 8.89. The highest BCUT2D eigenvalue weighted by atomic mass is 16.3. The number of benzene rings is 2. The summed E-state index contributed by atoms with van der Waals surface area (Å²) < 4.78 is 0. The molecule has 2 aromatic rings. The minimum atomic E-state index is -0.177. The molecule has 0 radical (unpaired) electrons.